The van der Waals surface area contributed by atoms with Crippen LogP contribution in [0, 0.1) is 5.92 Å². The number of carbonyl (C=O) groups excluding carboxylic acids is 2. The molecule has 1 aliphatic rings. The first-order valence-electron chi connectivity index (χ1n) is 11.0. The molecule has 2 aromatic heterocycles. The Kier molecular flexibility index (Phi) is 6.23. The summed E-state index contributed by atoms with van der Waals surface area (Å²) in [5, 5.41) is 8.29. The van der Waals surface area contributed by atoms with E-state index in [-0.39, 0.29) is 23.6 Å². The molecule has 33 heavy (non-hydrogen) atoms. The molecular formula is C24H25F3N4O2. The first-order valence-corrected chi connectivity index (χ1v) is 11.0. The number of hydrogen-bond donors (Lipinski definition) is 1. The molecule has 4 rings (SSSR count). The van der Waals surface area contributed by atoms with Crippen LogP contribution in [0.25, 0.3) is 10.9 Å². The topological polar surface area (TPSA) is 76.9 Å². The number of rotatable bonds is 5. The molecule has 0 saturated heterocycles. The molecule has 0 atom stereocenters. The number of anilines is 1. The van der Waals surface area contributed by atoms with Crippen LogP contribution in [0.1, 0.15) is 73.2 Å². The predicted molar refractivity (Wildman–Crippen MR) is 118 cm³/mol. The maximum absolute atomic E-state index is 13.0. The number of halogens is 3. The number of pyridine rings is 1. The lowest BCUT2D eigenvalue weighted by Crippen LogP contribution is -2.19. The van der Waals surface area contributed by atoms with Crippen LogP contribution >= 0.6 is 0 Å². The molecule has 3 aromatic rings. The molecule has 174 valence electrons. The van der Waals surface area contributed by atoms with Gasteiger partial charge in [0.1, 0.15) is 17.7 Å². The van der Waals surface area contributed by atoms with Crippen molar-refractivity contribution in [3.05, 3.63) is 53.5 Å². The van der Waals surface area contributed by atoms with Crippen molar-refractivity contribution in [1.29, 1.82) is 0 Å². The predicted octanol–water partition coefficient (Wildman–Crippen LogP) is 5.76. The second kappa shape index (κ2) is 8.96. The van der Waals surface area contributed by atoms with E-state index in [0.29, 0.717) is 5.69 Å². The Bertz CT molecular complexity index is 1180. The van der Waals surface area contributed by atoms with Crippen molar-refractivity contribution in [1.82, 2.24) is 14.8 Å². The van der Waals surface area contributed by atoms with Crippen molar-refractivity contribution in [2.45, 2.75) is 57.7 Å². The molecule has 6 nitrogen and oxygen atoms in total. The smallest absolute Gasteiger partial charge is 0.320 e. The third-order valence-electron chi connectivity index (χ3n) is 6.14. The Balaban J connectivity index is 1.62. The van der Waals surface area contributed by atoms with Crippen LogP contribution in [0.4, 0.5) is 18.9 Å². The lowest BCUT2D eigenvalue weighted by Gasteiger charge is -2.25. The molecule has 0 spiro atoms. The summed E-state index contributed by atoms with van der Waals surface area (Å²) in [6.07, 6.45) is 1.75. The molecule has 1 amide bonds. The second-order valence-electron chi connectivity index (χ2n) is 8.83. The number of aldehydes is 1. The molecule has 9 heteroatoms. The van der Waals surface area contributed by atoms with Gasteiger partial charge in [-0.1, -0.05) is 19.9 Å². The fraction of sp³-hybridized carbons (Fsp3) is 0.417. The van der Waals surface area contributed by atoms with Gasteiger partial charge in [-0.2, -0.15) is 18.3 Å². The molecular weight excluding hydrogens is 433 g/mol. The number of alkyl halides is 3. The summed E-state index contributed by atoms with van der Waals surface area (Å²) >= 11 is 0. The lowest BCUT2D eigenvalue weighted by atomic mass is 9.87. The van der Waals surface area contributed by atoms with Crippen molar-refractivity contribution in [3.8, 4) is 0 Å². The van der Waals surface area contributed by atoms with Crippen LogP contribution in [0.2, 0.25) is 0 Å². The van der Waals surface area contributed by atoms with Crippen molar-refractivity contribution >= 4 is 28.8 Å². The average molecular weight is 458 g/mol. The highest BCUT2D eigenvalue weighted by molar-refractivity contribution is 6.04. The van der Waals surface area contributed by atoms with Crippen LogP contribution in [0.15, 0.2) is 36.5 Å². The number of aromatic nitrogens is 3. The Morgan fingerprint density at radius 3 is 2.55 bits per heavy atom. The Morgan fingerprint density at radius 1 is 1.18 bits per heavy atom. The Hall–Kier alpha value is -3.23. The van der Waals surface area contributed by atoms with Crippen molar-refractivity contribution in [2.75, 3.05) is 5.32 Å². The van der Waals surface area contributed by atoms with E-state index >= 15 is 0 Å². The lowest BCUT2D eigenvalue weighted by molar-refractivity contribution is -0.141. The second-order valence-corrected chi connectivity index (χ2v) is 8.83. The maximum Gasteiger partial charge on any atom is 0.433 e. The fourth-order valence-corrected chi connectivity index (χ4v) is 4.29. The minimum atomic E-state index is -4.63. The van der Waals surface area contributed by atoms with Gasteiger partial charge in [0.25, 0.3) is 5.91 Å². The normalized spacial score (nSPS) is 19.1. The summed E-state index contributed by atoms with van der Waals surface area (Å²) in [6.45, 7) is 3.94. The van der Waals surface area contributed by atoms with Gasteiger partial charge in [-0.05, 0) is 61.4 Å². The minimum absolute atomic E-state index is 0.0485. The number of nitrogens with zero attached hydrogens (tertiary/aromatic N) is 3. The van der Waals surface area contributed by atoms with E-state index in [9.17, 15) is 22.8 Å². The first kappa shape index (κ1) is 22.9. The van der Waals surface area contributed by atoms with Crippen LogP contribution in [0.5, 0.6) is 0 Å². The minimum Gasteiger partial charge on any atom is -0.320 e. The summed E-state index contributed by atoms with van der Waals surface area (Å²) in [7, 11) is 0. The van der Waals surface area contributed by atoms with Gasteiger partial charge in [-0.3, -0.25) is 9.48 Å². The van der Waals surface area contributed by atoms with Crippen LogP contribution < -0.4 is 5.32 Å². The quantitative estimate of drug-likeness (QED) is 0.494. The molecule has 1 aliphatic carbocycles. The number of amides is 1. The van der Waals surface area contributed by atoms with Gasteiger partial charge >= 0.3 is 6.18 Å². The van der Waals surface area contributed by atoms with E-state index in [2.05, 4.69) is 10.3 Å². The zero-order valence-electron chi connectivity index (χ0n) is 18.4. The van der Waals surface area contributed by atoms with Gasteiger partial charge in [0.15, 0.2) is 0 Å². The zero-order valence-corrected chi connectivity index (χ0v) is 18.4. The standard InChI is InChI=1S/C24H25F3N4O2/c1-14(2)18-11-20-16(12-31(30-20)17-8-6-15(13-32)7-9-17)10-21(18)29-23(33)19-4-3-5-22(28-19)24(25,26)27/h3-5,10-15,17H,6-9H2,1-2H3,(H,29,33)/t15-,17-. The van der Waals surface area contributed by atoms with E-state index in [1.54, 1.807) is 6.07 Å². The molecule has 0 aliphatic heterocycles. The van der Waals surface area contributed by atoms with Gasteiger partial charge in [0.05, 0.1) is 11.6 Å². The van der Waals surface area contributed by atoms with E-state index in [0.717, 1.165) is 54.5 Å². The Morgan fingerprint density at radius 2 is 1.91 bits per heavy atom. The third-order valence-corrected chi connectivity index (χ3v) is 6.14. The van der Waals surface area contributed by atoms with Crippen LogP contribution in [-0.4, -0.2) is 27.0 Å². The van der Waals surface area contributed by atoms with Gasteiger partial charge in [0.2, 0.25) is 0 Å². The van der Waals surface area contributed by atoms with Crippen molar-refractivity contribution in [3.63, 3.8) is 0 Å². The number of fused-ring (bicyclic) bond motifs is 1. The highest BCUT2D eigenvalue weighted by atomic mass is 19.4. The molecule has 1 aromatic carbocycles. The van der Waals surface area contributed by atoms with Gasteiger partial charge < -0.3 is 10.1 Å². The highest BCUT2D eigenvalue weighted by Gasteiger charge is 2.33. The molecule has 2 heterocycles. The summed E-state index contributed by atoms with van der Waals surface area (Å²) in [4.78, 5) is 27.2. The molecule has 1 fully saturated rings. The van der Waals surface area contributed by atoms with Gasteiger partial charge in [-0.15, -0.1) is 0 Å². The molecule has 0 unspecified atom stereocenters. The van der Waals surface area contributed by atoms with Gasteiger partial charge in [0, 0.05) is 23.2 Å². The Labute approximate surface area is 189 Å². The number of carbonyl (C=O) groups is 2. The molecule has 0 bridgehead atoms. The highest BCUT2D eigenvalue weighted by Crippen LogP contribution is 2.34. The number of nitrogens with one attached hydrogen (secondary N) is 1. The number of benzene rings is 1. The van der Waals surface area contributed by atoms with E-state index in [1.807, 2.05) is 30.8 Å². The van der Waals surface area contributed by atoms with E-state index in [4.69, 9.17) is 5.10 Å². The summed E-state index contributed by atoms with van der Waals surface area (Å²) in [6, 6.07) is 7.18. The fourth-order valence-electron chi connectivity index (χ4n) is 4.29. The van der Waals surface area contributed by atoms with Crippen molar-refractivity contribution < 1.29 is 22.8 Å². The van der Waals surface area contributed by atoms with Gasteiger partial charge in [-0.25, -0.2) is 4.98 Å². The van der Waals surface area contributed by atoms with E-state index in [1.165, 1.54) is 12.1 Å². The summed E-state index contributed by atoms with van der Waals surface area (Å²) in [5.74, 6) is -0.542. The summed E-state index contributed by atoms with van der Waals surface area (Å²) < 4.78 is 40.9. The van der Waals surface area contributed by atoms with Crippen LogP contribution in [0.3, 0.4) is 0 Å². The van der Waals surface area contributed by atoms with Crippen molar-refractivity contribution in [2.24, 2.45) is 5.92 Å². The zero-order chi connectivity index (χ0) is 23.8. The molecule has 0 radical (unpaired) electrons. The SMILES string of the molecule is CC(C)c1cc2nn([C@H]3CC[C@H](C=O)CC3)cc2cc1NC(=O)c1cccc(C(F)(F)F)n1. The summed E-state index contributed by atoms with van der Waals surface area (Å²) in [5.41, 5.74) is 0.720. The van der Waals surface area contributed by atoms with E-state index < -0.39 is 17.8 Å². The number of hydrogen-bond acceptors (Lipinski definition) is 4. The van der Waals surface area contributed by atoms with Crippen LogP contribution in [-0.2, 0) is 11.0 Å². The first-order chi connectivity index (χ1) is 15.7. The maximum atomic E-state index is 13.0. The third kappa shape index (κ3) is 4.91. The molecule has 1 saturated carbocycles. The largest absolute Gasteiger partial charge is 0.433 e. The molecule has 1 N–H and O–H groups in total. The monoisotopic (exact) mass is 458 g/mol. The average Bonchev–Trinajstić information content (AvgIpc) is 3.21.